The first-order chi connectivity index (χ1) is 12.6. The number of hydrogen-bond donors (Lipinski definition) is 0. The van der Waals surface area contributed by atoms with Gasteiger partial charge in [-0.15, -0.1) is 11.8 Å². The van der Waals surface area contributed by atoms with Gasteiger partial charge in [0.2, 0.25) is 5.91 Å². The van der Waals surface area contributed by atoms with Crippen molar-refractivity contribution in [2.75, 3.05) is 25.0 Å². The number of likely N-dealkylation sites (N-methyl/N-ethyl adjacent to an activating group) is 1. The fourth-order valence-corrected chi connectivity index (χ4v) is 4.28. The maximum absolute atomic E-state index is 13.0. The molecule has 2 aromatic carbocycles. The van der Waals surface area contributed by atoms with Crippen LogP contribution in [-0.4, -0.2) is 36.2 Å². The van der Waals surface area contributed by atoms with E-state index in [0.29, 0.717) is 23.9 Å². The molecule has 1 aliphatic heterocycles. The summed E-state index contributed by atoms with van der Waals surface area (Å²) in [4.78, 5) is 18.1. The first-order valence-electron chi connectivity index (χ1n) is 8.80. The standard InChI is InChI=1S/C21H23N3OS/c1-16-10-11-24(19-8-3-4-9-20(19)26-16)21(25)15-23(2)14-18-7-5-6-17(12-18)13-22/h3-9,12,16H,10-11,14-15H2,1-2H3. The van der Waals surface area contributed by atoms with Crippen molar-refractivity contribution in [2.45, 2.75) is 30.0 Å². The highest BCUT2D eigenvalue weighted by Crippen LogP contribution is 2.37. The topological polar surface area (TPSA) is 47.3 Å². The molecule has 0 aromatic heterocycles. The lowest BCUT2D eigenvalue weighted by Gasteiger charge is -2.25. The summed E-state index contributed by atoms with van der Waals surface area (Å²) < 4.78 is 0. The minimum atomic E-state index is 0.117. The molecule has 134 valence electrons. The molecule has 0 fully saturated rings. The Morgan fingerprint density at radius 2 is 2.12 bits per heavy atom. The second-order valence-corrected chi connectivity index (χ2v) is 8.19. The molecule has 5 heteroatoms. The molecule has 2 aromatic rings. The molecule has 0 aliphatic carbocycles. The van der Waals surface area contributed by atoms with Gasteiger partial charge in [0.15, 0.2) is 0 Å². The zero-order chi connectivity index (χ0) is 18.5. The predicted octanol–water partition coefficient (Wildman–Crippen LogP) is 3.91. The maximum Gasteiger partial charge on any atom is 0.241 e. The molecule has 1 heterocycles. The molecule has 1 unspecified atom stereocenters. The number of rotatable bonds is 4. The Hall–Kier alpha value is -2.29. The van der Waals surface area contributed by atoms with Crippen LogP contribution >= 0.6 is 11.8 Å². The van der Waals surface area contributed by atoms with Crippen LogP contribution in [0, 0.1) is 11.3 Å². The van der Waals surface area contributed by atoms with E-state index in [-0.39, 0.29) is 5.91 Å². The van der Waals surface area contributed by atoms with Gasteiger partial charge in [-0.25, -0.2) is 0 Å². The van der Waals surface area contributed by atoms with Crippen molar-refractivity contribution < 1.29 is 4.79 Å². The smallest absolute Gasteiger partial charge is 0.241 e. The number of carbonyl (C=O) groups excluding carboxylic acids is 1. The molecule has 0 bridgehead atoms. The number of anilines is 1. The van der Waals surface area contributed by atoms with E-state index in [4.69, 9.17) is 5.26 Å². The number of nitriles is 1. The third kappa shape index (κ3) is 4.46. The van der Waals surface area contributed by atoms with Crippen molar-refractivity contribution in [3.63, 3.8) is 0 Å². The van der Waals surface area contributed by atoms with Crippen molar-refractivity contribution in [3.8, 4) is 6.07 Å². The van der Waals surface area contributed by atoms with E-state index < -0.39 is 0 Å². The van der Waals surface area contributed by atoms with E-state index >= 15 is 0 Å². The maximum atomic E-state index is 13.0. The van der Waals surface area contributed by atoms with E-state index in [0.717, 1.165) is 24.2 Å². The quantitative estimate of drug-likeness (QED) is 0.824. The minimum absolute atomic E-state index is 0.117. The molecule has 0 saturated carbocycles. The van der Waals surface area contributed by atoms with E-state index in [1.165, 1.54) is 4.90 Å². The zero-order valence-corrected chi connectivity index (χ0v) is 16.0. The van der Waals surface area contributed by atoms with Gasteiger partial charge < -0.3 is 4.90 Å². The molecule has 0 N–H and O–H groups in total. The average Bonchev–Trinajstić information content (AvgIpc) is 2.79. The van der Waals surface area contributed by atoms with Gasteiger partial charge in [-0.05, 0) is 43.3 Å². The Bertz CT molecular complexity index is 830. The van der Waals surface area contributed by atoms with Crippen LogP contribution in [0.15, 0.2) is 53.4 Å². The summed E-state index contributed by atoms with van der Waals surface area (Å²) in [6.45, 7) is 3.96. The van der Waals surface area contributed by atoms with Crippen LogP contribution in [0.1, 0.15) is 24.5 Å². The lowest BCUT2D eigenvalue weighted by atomic mass is 10.1. The van der Waals surface area contributed by atoms with E-state index in [1.54, 1.807) is 6.07 Å². The van der Waals surface area contributed by atoms with Crippen LogP contribution in [0.3, 0.4) is 0 Å². The van der Waals surface area contributed by atoms with Gasteiger partial charge in [0.1, 0.15) is 0 Å². The van der Waals surface area contributed by atoms with Gasteiger partial charge in [0.05, 0.1) is 23.9 Å². The third-order valence-corrected chi connectivity index (χ3v) is 5.70. The Morgan fingerprint density at radius 3 is 2.92 bits per heavy atom. The fraction of sp³-hybridized carbons (Fsp3) is 0.333. The van der Waals surface area contributed by atoms with Gasteiger partial charge >= 0.3 is 0 Å². The van der Waals surface area contributed by atoms with Crippen LogP contribution in [0.5, 0.6) is 0 Å². The number of amides is 1. The highest BCUT2D eigenvalue weighted by molar-refractivity contribution is 8.00. The van der Waals surface area contributed by atoms with Gasteiger partial charge in [-0.2, -0.15) is 5.26 Å². The number of thioether (sulfide) groups is 1. The third-order valence-electron chi connectivity index (χ3n) is 4.46. The van der Waals surface area contributed by atoms with Crippen molar-refractivity contribution >= 4 is 23.4 Å². The zero-order valence-electron chi connectivity index (χ0n) is 15.2. The van der Waals surface area contributed by atoms with Crippen LogP contribution in [0.25, 0.3) is 0 Å². The Kier molecular flexibility index (Phi) is 5.97. The molecular weight excluding hydrogens is 342 g/mol. The second-order valence-electron chi connectivity index (χ2n) is 6.71. The molecule has 0 radical (unpaired) electrons. The molecular formula is C21H23N3OS. The number of benzene rings is 2. The summed E-state index contributed by atoms with van der Waals surface area (Å²) in [6, 6.07) is 17.9. The number of para-hydroxylation sites is 1. The number of carbonyl (C=O) groups is 1. The molecule has 1 amide bonds. The minimum Gasteiger partial charge on any atom is -0.310 e. The average molecular weight is 366 g/mol. The molecule has 1 aliphatic rings. The van der Waals surface area contributed by atoms with Gasteiger partial charge in [-0.1, -0.05) is 31.2 Å². The highest BCUT2D eigenvalue weighted by atomic mass is 32.2. The molecule has 3 rings (SSSR count). The normalized spacial score (nSPS) is 16.7. The van der Waals surface area contributed by atoms with Crippen LogP contribution in [0.4, 0.5) is 5.69 Å². The first kappa shape index (κ1) is 18.5. The van der Waals surface area contributed by atoms with Crippen molar-refractivity contribution in [3.05, 3.63) is 59.7 Å². The molecule has 4 nitrogen and oxygen atoms in total. The lowest BCUT2D eigenvalue weighted by molar-refractivity contribution is -0.119. The Labute approximate surface area is 159 Å². The number of hydrogen-bond acceptors (Lipinski definition) is 4. The first-order valence-corrected chi connectivity index (χ1v) is 9.68. The largest absolute Gasteiger partial charge is 0.310 e. The lowest BCUT2D eigenvalue weighted by Crippen LogP contribution is -2.39. The summed E-state index contributed by atoms with van der Waals surface area (Å²) in [7, 11) is 1.94. The highest BCUT2D eigenvalue weighted by Gasteiger charge is 2.24. The van der Waals surface area contributed by atoms with Gasteiger partial charge in [0.25, 0.3) is 0 Å². The van der Waals surface area contributed by atoms with Crippen LogP contribution in [0.2, 0.25) is 0 Å². The summed E-state index contributed by atoms with van der Waals surface area (Å²) in [5.74, 6) is 0.117. The molecule has 0 spiro atoms. The summed E-state index contributed by atoms with van der Waals surface area (Å²) in [6.07, 6.45) is 0.985. The SMILES string of the molecule is CC1CCN(C(=O)CN(C)Cc2cccc(C#N)c2)c2ccccc2S1. The second kappa shape index (κ2) is 8.39. The van der Waals surface area contributed by atoms with Crippen molar-refractivity contribution in [1.29, 1.82) is 5.26 Å². The van der Waals surface area contributed by atoms with E-state index in [2.05, 4.69) is 19.1 Å². The predicted molar refractivity (Wildman–Crippen MR) is 106 cm³/mol. The molecule has 1 atom stereocenters. The molecule has 26 heavy (non-hydrogen) atoms. The summed E-state index contributed by atoms with van der Waals surface area (Å²) in [5.41, 5.74) is 2.71. The monoisotopic (exact) mass is 365 g/mol. The van der Waals surface area contributed by atoms with E-state index in [9.17, 15) is 4.79 Å². The van der Waals surface area contributed by atoms with Crippen LogP contribution < -0.4 is 4.90 Å². The van der Waals surface area contributed by atoms with Gasteiger partial charge in [-0.3, -0.25) is 9.69 Å². The van der Waals surface area contributed by atoms with Crippen molar-refractivity contribution in [1.82, 2.24) is 4.90 Å². The summed E-state index contributed by atoms with van der Waals surface area (Å²) >= 11 is 1.84. The van der Waals surface area contributed by atoms with Crippen molar-refractivity contribution in [2.24, 2.45) is 0 Å². The number of fused-ring (bicyclic) bond motifs is 1. The number of nitrogens with zero attached hydrogens (tertiary/aromatic N) is 3. The summed E-state index contributed by atoms with van der Waals surface area (Å²) in [5, 5.41) is 9.53. The van der Waals surface area contributed by atoms with E-state index in [1.807, 2.05) is 65.0 Å². The Balaban J connectivity index is 1.70. The van der Waals surface area contributed by atoms with Gasteiger partial charge in [0, 0.05) is 23.2 Å². The van der Waals surface area contributed by atoms with Crippen LogP contribution in [-0.2, 0) is 11.3 Å². The molecule has 0 saturated heterocycles. The fourth-order valence-electron chi connectivity index (χ4n) is 3.17. The Morgan fingerprint density at radius 1 is 1.31 bits per heavy atom.